The van der Waals surface area contributed by atoms with Crippen LogP contribution in [0.4, 0.5) is 5.69 Å². The minimum Gasteiger partial charge on any atom is -0.370 e. The fourth-order valence-corrected chi connectivity index (χ4v) is 3.00. The Bertz CT molecular complexity index is 866. The molecule has 0 radical (unpaired) electrons. The quantitative estimate of drug-likeness (QED) is 0.320. The smallest absolute Gasteiger partial charge is 0.193 e. The first-order valence-electron chi connectivity index (χ1n) is 8.79. The fraction of sp³-hybridized carbons (Fsp3) is 0.238. The van der Waals surface area contributed by atoms with Crippen LogP contribution in [0.25, 0.3) is 0 Å². The third-order valence-corrected chi connectivity index (χ3v) is 4.11. The molecule has 3 aromatic rings. The molecule has 5 nitrogen and oxygen atoms in total. The normalized spacial score (nSPS) is 11.1. The topological polar surface area (TPSA) is 68.2 Å². The lowest BCUT2D eigenvalue weighted by Crippen LogP contribution is -2.23. The van der Waals surface area contributed by atoms with Gasteiger partial charge in [0, 0.05) is 37.6 Å². The molecule has 0 aliphatic heterocycles. The fourth-order valence-electron chi connectivity index (χ4n) is 3.00. The Morgan fingerprint density at radius 3 is 2.52 bits per heavy atom. The van der Waals surface area contributed by atoms with Crippen molar-refractivity contribution in [2.75, 3.05) is 11.9 Å². The van der Waals surface area contributed by atoms with Crippen molar-refractivity contribution in [1.29, 1.82) is 0 Å². The van der Waals surface area contributed by atoms with Crippen LogP contribution in [0.1, 0.15) is 22.5 Å². The molecule has 142 valence electrons. The zero-order valence-corrected chi connectivity index (χ0v) is 18.1. The summed E-state index contributed by atoms with van der Waals surface area (Å²) in [6.07, 6.45) is 4.58. The van der Waals surface area contributed by atoms with Gasteiger partial charge in [0.25, 0.3) is 0 Å². The summed E-state index contributed by atoms with van der Waals surface area (Å²) >= 11 is 0. The van der Waals surface area contributed by atoms with Crippen LogP contribution in [-0.4, -0.2) is 22.1 Å². The summed E-state index contributed by atoms with van der Waals surface area (Å²) in [5.74, 6) is 1.44. The SMILES string of the molecule is Cc1cc(C)cc(NC(N)=NCCc2nccn2Cc2ccccc2)c1.I. The number of guanidine groups is 1. The second kappa shape index (κ2) is 10.1. The number of rotatable bonds is 6. The lowest BCUT2D eigenvalue weighted by Gasteiger charge is -2.09. The number of nitrogens with zero attached hydrogens (tertiary/aromatic N) is 3. The van der Waals surface area contributed by atoms with E-state index in [2.05, 4.69) is 76.2 Å². The number of aryl methyl sites for hydroxylation is 2. The summed E-state index contributed by atoms with van der Waals surface area (Å²) in [6.45, 7) is 5.54. The van der Waals surface area contributed by atoms with Gasteiger partial charge in [0.2, 0.25) is 0 Å². The minimum atomic E-state index is 0. The van der Waals surface area contributed by atoms with Gasteiger partial charge in [-0.05, 0) is 42.7 Å². The number of hydrogen-bond donors (Lipinski definition) is 2. The van der Waals surface area contributed by atoms with Crippen molar-refractivity contribution in [2.24, 2.45) is 10.7 Å². The molecule has 0 saturated heterocycles. The summed E-state index contributed by atoms with van der Waals surface area (Å²) in [4.78, 5) is 8.88. The molecule has 0 amide bonds. The second-order valence-corrected chi connectivity index (χ2v) is 6.48. The van der Waals surface area contributed by atoms with Crippen LogP contribution in [-0.2, 0) is 13.0 Å². The zero-order valence-electron chi connectivity index (χ0n) is 15.7. The van der Waals surface area contributed by atoms with Crippen LogP contribution in [0.5, 0.6) is 0 Å². The maximum atomic E-state index is 6.02. The van der Waals surface area contributed by atoms with Gasteiger partial charge in [-0.1, -0.05) is 36.4 Å². The number of halogens is 1. The van der Waals surface area contributed by atoms with Crippen molar-refractivity contribution in [2.45, 2.75) is 26.8 Å². The number of benzene rings is 2. The van der Waals surface area contributed by atoms with E-state index in [0.29, 0.717) is 12.5 Å². The predicted molar refractivity (Wildman–Crippen MR) is 123 cm³/mol. The number of nitrogens with two attached hydrogens (primary N) is 1. The molecule has 0 atom stereocenters. The average Bonchev–Trinajstić information content (AvgIpc) is 3.02. The van der Waals surface area contributed by atoms with Crippen LogP contribution >= 0.6 is 24.0 Å². The van der Waals surface area contributed by atoms with E-state index < -0.39 is 0 Å². The average molecular weight is 475 g/mol. The molecule has 0 spiro atoms. The standard InChI is InChI=1S/C21H25N5.HI/c1-16-12-17(2)14-19(13-16)25-21(22)24-9-8-20-23-10-11-26(20)15-18-6-4-3-5-7-18;/h3-7,10-14H,8-9,15H2,1-2H3,(H3,22,24,25);1H. The molecule has 0 fully saturated rings. The van der Waals surface area contributed by atoms with Crippen molar-refractivity contribution in [3.63, 3.8) is 0 Å². The molecule has 1 aromatic heterocycles. The summed E-state index contributed by atoms with van der Waals surface area (Å²) in [5.41, 5.74) is 10.6. The zero-order chi connectivity index (χ0) is 18.4. The van der Waals surface area contributed by atoms with Gasteiger partial charge in [-0.15, -0.1) is 24.0 Å². The van der Waals surface area contributed by atoms with E-state index in [1.807, 2.05) is 18.5 Å². The third-order valence-electron chi connectivity index (χ3n) is 4.11. The van der Waals surface area contributed by atoms with Crippen LogP contribution in [0, 0.1) is 13.8 Å². The van der Waals surface area contributed by atoms with Gasteiger partial charge in [-0.2, -0.15) is 0 Å². The predicted octanol–water partition coefficient (Wildman–Crippen LogP) is 4.14. The molecule has 27 heavy (non-hydrogen) atoms. The number of aliphatic imine (C=N–C) groups is 1. The van der Waals surface area contributed by atoms with Crippen molar-refractivity contribution in [3.8, 4) is 0 Å². The summed E-state index contributed by atoms with van der Waals surface area (Å²) in [7, 11) is 0. The Morgan fingerprint density at radius 1 is 1.11 bits per heavy atom. The largest absolute Gasteiger partial charge is 0.370 e. The monoisotopic (exact) mass is 475 g/mol. The van der Waals surface area contributed by atoms with E-state index in [9.17, 15) is 0 Å². The minimum absolute atomic E-state index is 0. The highest BCUT2D eigenvalue weighted by Gasteiger charge is 2.04. The van der Waals surface area contributed by atoms with Crippen LogP contribution in [0.3, 0.4) is 0 Å². The maximum Gasteiger partial charge on any atom is 0.193 e. The summed E-state index contributed by atoms with van der Waals surface area (Å²) < 4.78 is 2.15. The van der Waals surface area contributed by atoms with E-state index >= 15 is 0 Å². The van der Waals surface area contributed by atoms with Crippen molar-refractivity contribution in [3.05, 3.63) is 83.4 Å². The van der Waals surface area contributed by atoms with E-state index in [4.69, 9.17) is 5.73 Å². The first-order valence-corrected chi connectivity index (χ1v) is 8.79. The molecule has 0 saturated carbocycles. The molecule has 0 unspecified atom stereocenters. The lowest BCUT2D eigenvalue weighted by molar-refractivity contribution is 0.716. The van der Waals surface area contributed by atoms with E-state index in [0.717, 1.165) is 24.5 Å². The van der Waals surface area contributed by atoms with Crippen molar-refractivity contribution >= 4 is 35.6 Å². The number of anilines is 1. The van der Waals surface area contributed by atoms with Crippen LogP contribution < -0.4 is 11.1 Å². The van der Waals surface area contributed by atoms with Crippen molar-refractivity contribution < 1.29 is 0 Å². The van der Waals surface area contributed by atoms with E-state index in [1.165, 1.54) is 16.7 Å². The molecule has 0 bridgehead atoms. The lowest BCUT2D eigenvalue weighted by atomic mass is 10.1. The number of hydrogen-bond acceptors (Lipinski definition) is 2. The summed E-state index contributed by atoms with van der Waals surface area (Å²) in [5, 5.41) is 3.16. The Hall–Kier alpha value is -2.35. The Balaban J connectivity index is 0.00000261. The molecule has 3 rings (SSSR count). The van der Waals surface area contributed by atoms with Gasteiger partial charge >= 0.3 is 0 Å². The highest BCUT2D eigenvalue weighted by molar-refractivity contribution is 14.0. The Morgan fingerprint density at radius 2 is 1.81 bits per heavy atom. The first kappa shape index (κ1) is 21.0. The van der Waals surface area contributed by atoms with Gasteiger partial charge in [0.1, 0.15) is 5.82 Å². The second-order valence-electron chi connectivity index (χ2n) is 6.48. The number of aromatic nitrogens is 2. The van der Waals surface area contributed by atoms with Gasteiger partial charge in [-0.3, -0.25) is 4.99 Å². The van der Waals surface area contributed by atoms with Gasteiger partial charge < -0.3 is 15.6 Å². The molecule has 2 aromatic carbocycles. The Labute approximate surface area is 177 Å². The van der Waals surface area contributed by atoms with Gasteiger partial charge in [-0.25, -0.2) is 4.98 Å². The number of nitrogens with one attached hydrogen (secondary N) is 1. The molecule has 0 aliphatic rings. The highest BCUT2D eigenvalue weighted by Crippen LogP contribution is 2.13. The highest BCUT2D eigenvalue weighted by atomic mass is 127. The molecular formula is C21H26IN5. The molecule has 3 N–H and O–H groups in total. The molecule has 0 aliphatic carbocycles. The van der Waals surface area contributed by atoms with Crippen molar-refractivity contribution in [1.82, 2.24) is 9.55 Å². The van der Waals surface area contributed by atoms with E-state index in [-0.39, 0.29) is 24.0 Å². The van der Waals surface area contributed by atoms with Gasteiger partial charge in [0.15, 0.2) is 5.96 Å². The summed E-state index contributed by atoms with van der Waals surface area (Å²) in [6, 6.07) is 16.6. The molecule has 6 heteroatoms. The Kier molecular flexibility index (Phi) is 7.84. The molecular weight excluding hydrogens is 449 g/mol. The van der Waals surface area contributed by atoms with Crippen LogP contribution in [0.15, 0.2) is 65.9 Å². The third kappa shape index (κ3) is 6.39. The maximum absolute atomic E-state index is 6.02. The molecule has 1 heterocycles. The number of imidazole rings is 1. The first-order chi connectivity index (χ1) is 12.6. The van der Waals surface area contributed by atoms with Gasteiger partial charge in [0.05, 0.1) is 0 Å². The van der Waals surface area contributed by atoms with E-state index in [1.54, 1.807) is 0 Å². The van der Waals surface area contributed by atoms with Crippen LogP contribution in [0.2, 0.25) is 0 Å².